The Morgan fingerprint density at radius 2 is 1.85 bits per heavy atom. The van der Waals surface area contributed by atoms with Gasteiger partial charge in [-0.1, -0.05) is 12.2 Å². The lowest BCUT2D eigenvalue weighted by molar-refractivity contribution is -0.149. The number of rotatable bonds is 2. The van der Waals surface area contributed by atoms with Gasteiger partial charge in [-0.05, 0) is 24.4 Å². The molecular weight excluding hydrogens is 192 g/mol. The number of halogens is 1. The van der Waals surface area contributed by atoms with Crippen molar-refractivity contribution in [3.63, 3.8) is 0 Å². The fourth-order valence-electron chi connectivity index (χ4n) is 1.48. The van der Waals surface area contributed by atoms with Gasteiger partial charge in [0.1, 0.15) is 0 Å². The van der Waals surface area contributed by atoms with Gasteiger partial charge in [0.25, 0.3) is 0 Å². The zero-order chi connectivity index (χ0) is 9.84. The molecule has 0 N–H and O–H groups in total. The molecule has 1 rings (SSSR count). The van der Waals surface area contributed by atoms with E-state index in [1.165, 1.54) is 7.11 Å². The number of hydrogen-bond donors (Lipinski definition) is 0. The van der Waals surface area contributed by atoms with Crippen LogP contribution in [0.4, 0.5) is 0 Å². The Kier molecular flexibility index (Phi) is 3.48. The summed E-state index contributed by atoms with van der Waals surface area (Å²) in [4.78, 5) is 22.2. The van der Waals surface area contributed by atoms with Crippen LogP contribution in [0.15, 0.2) is 12.2 Å². The van der Waals surface area contributed by atoms with E-state index in [1.807, 2.05) is 12.2 Å². The second-order valence-electron chi connectivity index (χ2n) is 2.98. The molecule has 0 saturated carbocycles. The summed E-state index contributed by atoms with van der Waals surface area (Å²) in [6.45, 7) is 0. The highest BCUT2D eigenvalue weighted by atomic mass is 35.5. The summed E-state index contributed by atoms with van der Waals surface area (Å²) < 4.78 is 4.59. The predicted octanol–water partition coefficient (Wildman–Crippen LogP) is 1.51. The Morgan fingerprint density at radius 3 is 2.31 bits per heavy atom. The highest BCUT2D eigenvalue weighted by Crippen LogP contribution is 2.28. The average Bonchev–Trinajstić information content (AvgIpc) is 2.16. The first kappa shape index (κ1) is 10.3. The third kappa shape index (κ3) is 2.31. The summed E-state index contributed by atoms with van der Waals surface area (Å²) in [6.07, 6.45) is 4.81. The fourth-order valence-corrected chi connectivity index (χ4v) is 1.72. The van der Waals surface area contributed by atoms with Gasteiger partial charge in [-0.2, -0.15) is 0 Å². The van der Waals surface area contributed by atoms with Gasteiger partial charge in [-0.25, -0.2) is 0 Å². The molecule has 72 valence electrons. The largest absolute Gasteiger partial charge is 0.469 e. The third-order valence-corrected chi connectivity index (χ3v) is 2.51. The smallest absolute Gasteiger partial charge is 0.309 e. The number of hydrogen-bond acceptors (Lipinski definition) is 3. The standard InChI is InChI=1S/C9H11ClO3/c1-13-9(12)7-5-3-2-4-6(7)8(10)11/h2-3,6-7H,4-5H2,1H3. The van der Waals surface area contributed by atoms with Crippen LogP contribution in [0.5, 0.6) is 0 Å². The van der Waals surface area contributed by atoms with E-state index in [2.05, 4.69) is 4.74 Å². The summed E-state index contributed by atoms with van der Waals surface area (Å²) >= 11 is 5.37. The summed E-state index contributed by atoms with van der Waals surface area (Å²) in [5.74, 6) is -1.18. The molecule has 0 aromatic carbocycles. The molecule has 0 aromatic rings. The van der Waals surface area contributed by atoms with Gasteiger partial charge in [0.15, 0.2) is 0 Å². The molecule has 3 nitrogen and oxygen atoms in total. The molecule has 0 amide bonds. The third-order valence-electron chi connectivity index (χ3n) is 2.23. The number of methoxy groups -OCH3 is 1. The van der Waals surface area contributed by atoms with Crippen molar-refractivity contribution >= 4 is 22.8 Å². The van der Waals surface area contributed by atoms with Crippen LogP contribution in [0.25, 0.3) is 0 Å². The van der Waals surface area contributed by atoms with E-state index >= 15 is 0 Å². The van der Waals surface area contributed by atoms with E-state index in [9.17, 15) is 9.59 Å². The van der Waals surface area contributed by atoms with E-state index in [1.54, 1.807) is 0 Å². The average molecular weight is 203 g/mol. The van der Waals surface area contributed by atoms with Crippen LogP contribution >= 0.6 is 11.6 Å². The fraction of sp³-hybridized carbons (Fsp3) is 0.556. The van der Waals surface area contributed by atoms with E-state index in [-0.39, 0.29) is 5.97 Å². The van der Waals surface area contributed by atoms with Gasteiger partial charge in [0, 0.05) is 0 Å². The minimum atomic E-state index is -0.459. The van der Waals surface area contributed by atoms with Crippen LogP contribution in [-0.4, -0.2) is 18.3 Å². The molecule has 4 heteroatoms. The molecule has 0 fully saturated rings. The number of carbonyl (C=O) groups is 2. The summed E-state index contributed by atoms with van der Waals surface area (Å²) in [6, 6.07) is 0. The minimum absolute atomic E-state index is 0.358. The molecule has 2 unspecified atom stereocenters. The maximum Gasteiger partial charge on any atom is 0.309 e. The second-order valence-corrected chi connectivity index (χ2v) is 3.36. The molecule has 13 heavy (non-hydrogen) atoms. The lowest BCUT2D eigenvalue weighted by atomic mass is 9.84. The van der Waals surface area contributed by atoms with E-state index < -0.39 is 17.1 Å². The lowest BCUT2D eigenvalue weighted by Crippen LogP contribution is -2.29. The molecule has 1 aliphatic carbocycles. The maximum absolute atomic E-state index is 11.2. The van der Waals surface area contributed by atoms with Crippen molar-refractivity contribution in [2.45, 2.75) is 12.8 Å². The maximum atomic E-state index is 11.2. The van der Waals surface area contributed by atoms with Gasteiger partial charge < -0.3 is 4.74 Å². The monoisotopic (exact) mass is 202 g/mol. The predicted molar refractivity (Wildman–Crippen MR) is 48.2 cm³/mol. The molecule has 0 radical (unpaired) electrons. The zero-order valence-electron chi connectivity index (χ0n) is 7.33. The van der Waals surface area contributed by atoms with Crippen LogP contribution in [-0.2, 0) is 14.3 Å². The molecule has 0 aliphatic heterocycles. The zero-order valence-corrected chi connectivity index (χ0v) is 8.08. The van der Waals surface area contributed by atoms with Gasteiger partial charge in [0.2, 0.25) is 5.24 Å². The molecule has 1 aliphatic rings. The number of ether oxygens (including phenoxy) is 1. The van der Waals surface area contributed by atoms with Crippen LogP contribution in [0.1, 0.15) is 12.8 Å². The summed E-state index contributed by atoms with van der Waals surface area (Å²) in [5.41, 5.74) is 0. The Bertz CT molecular complexity index is 247. The van der Waals surface area contributed by atoms with Crippen LogP contribution in [0.3, 0.4) is 0 Å². The number of carbonyl (C=O) groups excluding carboxylic acids is 2. The van der Waals surface area contributed by atoms with Crippen LogP contribution in [0, 0.1) is 11.8 Å². The molecule has 0 saturated heterocycles. The first-order valence-electron chi connectivity index (χ1n) is 4.09. The Balaban J connectivity index is 2.75. The van der Waals surface area contributed by atoms with E-state index in [4.69, 9.17) is 11.6 Å². The van der Waals surface area contributed by atoms with Crippen molar-refractivity contribution in [3.05, 3.63) is 12.2 Å². The molecule has 0 heterocycles. The van der Waals surface area contributed by atoms with Crippen molar-refractivity contribution in [1.29, 1.82) is 0 Å². The first-order valence-corrected chi connectivity index (χ1v) is 4.46. The van der Waals surface area contributed by atoms with Crippen molar-refractivity contribution in [2.24, 2.45) is 11.8 Å². The van der Waals surface area contributed by atoms with Gasteiger partial charge >= 0.3 is 5.97 Å². The van der Waals surface area contributed by atoms with Crippen LogP contribution < -0.4 is 0 Å². The van der Waals surface area contributed by atoms with Crippen molar-refractivity contribution in [1.82, 2.24) is 0 Å². The quantitative estimate of drug-likeness (QED) is 0.387. The Labute approximate surface area is 81.7 Å². The highest BCUT2D eigenvalue weighted by Gasteiger charge is 2.33. The van der Waals surface area contributed by atoms with Crippen molar-refractivity contribution in [3.8, 4) is 0 Å². The Morgan fingerprint density at radius 1 is 1.31 bits per heavy atom. The molecular formula is C9H11ClO3. The highest BCUT2D eigenvalue weighted by molar-refractivity contribution is 6.64. The van der Waals surface area contributed by atoms with Gasteiger partial charge in [-0.15, -0.1) is 0 Å². The minimum Gasteiger partial charge on any atom is -0.469 e. The molecule has 0 aromatic heterocycles. The SMILES string of the molecule is COC(=O)C1CC=CCC1C(=O)Cl. The number of allylic oxidation sites excluding steroid dienone is 2. The summed E-state index contributed by atoms with van der Waals surface area (Å²) in [5, 5.41) is -0.459. The normalized spacial score (nSPS) is 26.9. The molecule has 2 atom stereocenters. The summed E-state index contributed by atoms with van der Waals surface area (Å²) in [7, 11) is 1.32. The van der Waals surface area contributed by atoms with Gasteiger partial charge in [0.05, 0.1) is 18.9 Å². The topological polar surface area (TPSA) is 43.4 Å². The van der Waals surface area contributed by atoms with E-state index in [0.717, 1.165) is 0 Å². The second kappa shape index (κ2) is 4.42. The molecule has 0 spiro atoms. The first-order chi connectivity index (χ1) is 6.16. The van der Waals surface area contributed by atoms with Crippen molar-refractivity contribution in [2.75, 3.05) is 7.11 Å². The lowest BCUT2D eigenvalue weighted by Gasteiger charge is -2.22. The molecule has 0 bridgehead atoms. The number of esters is 1. The van der Waals surface area contributed by atoms with E-state index in [0.29, 0.717) is 12.8 Å². The van der Waals surface area contributed by atoms with Gasteiger partial charge in [-0.3, -0.25) is 9.59 Å². The van der Waals surface area contributed by atoms with Crippen molar-refractivity contribution < 1.29 is 14.3 Å². The Hall–Kier alpha value is -0.830. The van der Waals surface area contributed by atoms with Crippen LogP contribution in [0.2, 0.25) is 0 Å².